The van der Waals surface area contributed by atoms with E-state index in [0.717, 1.165) is 16.5 Å². The highest BCUT2D eigenvalue weighted by molar-refractivity contribution is 5.98. The average molecular weight is 290 g/mol. The Balaban J connectivity index is 1.79. The molecule has 0 spiro atoms. The minimum atomic E-state index is -0.254. The Kier molecular flexibility index (Phi) is 3.63. The van der Waals surface area contributed by atoms with Crippen LogP contribution < -0.4 is 5.32 Å². The first kappa shape index (κ1) is 13.9. The van der Waals surface area contributed by atoms with E-state index in [1.165, 1.54) is 0 Å². The number of carbonyl (C=O) groups is 1. The van der Waals surface area contributed by atoms with Gasteiger partial charge in [0, 0.05) is 17.5 Å². The van der Waals surface area contributed by atoms with Crippen LogP contribution in [0.25, 0.3) is 11.0 Å². The van der Waals surface area contributed by atoms with Crippen LogP contribution in [0.5, 0.6) is 0 Å². The Bertz CT molecular complexity index is 887. The maximum atomic E-state index is 12.3. The number of nitrogens with zero attached hydrogens (tertiary/aromatic N) is 1. The molecule has 4 heteroatoms. The number of fused-ring (bicyclic) bond motifs is 1. The van der Waals surface area contributed by atoms with Crippen LogP contribution in [-0.2, 0) is 6.54 Å². The lowest BCUT2D eigenvalue weighted by Gasteiger charge is -2.04. The molecule has 0 fully saturated rings. The fraction of sp³-hybridized carbons (Fsp3) is 0.111. The van der Waals surface area contributed by atoms with Crippen molar-refractivity contribution in [3.8, 4) is 6.07 Å². The van der Waals surface area contributed by atoms with Gasteiger partial charge < -0.3 is 9.73 Å². The van der Waals surface area contributed by atoms with E-state index in [9.17, 15) is 4.79 Å². The van der Waals surface area contributed by atoms with Crippen molar-refractivity contribution in [2.24, 2.45) is 0 Å². The first-order valence-electron chi connectivity index (χ1n) is 6.94. The Hall–Kier alpha value is -3.06. The summed E-state index contributed by atoms with van der Waals surface area (Å²) in [6.45, 7) is 2.22. The molecule has 3 rings (SSSR count). The number of furan rings is 1. The number of carbonyl (C=O) groups excluding carboxylic acids is 1. The molecule has 2 aromatic carbocycles. The average Bonchev–Trinajstić information content (AvgIpc) is 2.90. The van der Waals surface area contributed by atoms with Crippen LogP contribution in [0.15, 0.2) is 52.9 Å². The van der Waals surface area contributed by atoms with Gasteiger partial charge >= 0.3 is 0 Å². The molecule has 3 aromatic rings. The van der Waals surface area contributed by atoms with Crippen molar-refractivity contribution in [3.05, 3.63) is 71.0 Å². The standard InChI is InChI=1S/C18H14N2O2/c1-12-15-7-2-3-8-16(15)22-17(12)18(21)20-11-14-6-4-5-13(9-14)10-19/h2-9H,11H2,1H3,(H,20,21). The largest absolute Gasteiger partial charge is 0.451 e. The van der Waals surface area contributed by atoms with Gasteiger partial charge in [-0.25, -0.2) is 0 Å². The van der Waals surface area contributed by atoms with Crippen LogP contribution in [0.4, 0.5) is 0 Å². The molecular weight excluding hydrogens is 276 g/mol. The molecule has 1 amide bonds. The van der Waals surface area contributed by atoms with Gasteiger partial charge in [0.2, 0.25) is 0 Å². The van der Waals surface area contributed by atoms with Gasteiger partial charge in [-0.15, -0.1) is 0 Å². The molecule has 1 N–H and O–H groups in total. The van der Waals surface area contributed by atoms with Gasteiger partial charge in [0.15, 0.2) is 5.76 Å². The van der Waals surface area contributed by atoms with E-state index < -0.39 is 0 Å². The Morgan fingerprint density at radius 1 is 1.23 bits per heavy atom. The van der Waals surface area contributed by atoms with Gasteiger partial charge in [-0.05, 0) is 30.7 Å². The minimum absolute atomic E-state index is 0.254. The van der Waals surface area contributed by atoms with E-state index in [-0.39, 0.29) is 5.91 Å². The zero-order valence-corrected chi connectivity index (χ0v) is 12.1. The third-order valence-electron chi connectivity index (χ3n) is 3.56. The molecule has 108 valence electrons. The highest BCUT2D eigenvalue weighted by Crippen LogP contribution is 2.24. The second-order valence-corrected chi connectivity index (χ2v) is 5.05. The van der Waals surface area contributed by atoms with Crippen molar-refractivity contribution in [3.63, 3.8) is 0 Å². The SMILES string of the molecule is Cc1c(C(=O)NCc2cccc(C#N)c2)oc2ccccc12. The summed E-state index contributed by atoms with van der Waals surface area (Å²) in [5, 5.41) is 12.7. The molecule has 0 aliphatic heterocycles. The zero-order valence-electron chi connectivity index (χ0n) is 12.1. The predicted octanol–water partition coefficient (Wildman–Crippen LogP) is 3.54. The van der Waals surface area contributed by atoms with E-state index in [2.05, 4.69) is 11.4 Å². The Morgan fingerprint density at radius 2 is 2.05 bits per heavy atom. The van der Waals surface area contributed by atoms with Crippen molar-refractivity contribution in [1.29, 1.82) is 5.26 Å². The van der Waals surface area contributed by atoms with Gasteiger partial charge in [0.05, 0.1) is 11.6 Å². The van der Waals surface area contributed by atoms with Gasteiger partial charge in [0.25, 0.3) is 5.91 Å². The second kappa shape index (κ2) is 5.74. The molecule has 0 aliphatic rings. The summed E-state index contributed by atoms with van der Waals surface area (Å²) >= 11 is 0. The van der Waals surface area contributed by atoms with Crippen molar-refractivity contribution in [2.45, 2.75) is 13.5 Å². The number of benzene rings is 2. The molecule has 0 saturated carbocycles. The van der Waals surface area contributed by atoms with Crippen LogP contribution in [0, 0.1) is 18.3 Å². The number of hydrogen-bond acceptors (Lipinski definition) is 3. The number of para-hydroxylation sites is 1. The summed E-state index contributed by atoms with van der Waals surface area (Å²) in [6, 6.07) is 16.8. The molecule has 1 heterocycles. The van der Waals surface area contributed by atoms with Crippen molar-refractivity contribution in [2.75, 3.05) is 0 Å². The van der Waals surface area contributed by atoms with E-state index >= 15 is 0 Å². The van der Waals surface area contributed by atoms with Crippen molar-refractivity contribution in [1.82, 2.24) is 5.32 Å². The molecule has 0 atom stereocenters. The van der Waals surface area contributed by atoms with Crippen LogP contribution in [0.2, 0.25) is 0 Å². The second-order valence-electron chi connectivity index (χ2n) is 5.05. The van der Waals surface area contributed by atoms with Crippen molar-refractivity contribution >= 4 is 16.9 Å². The predicted molar refractivity (Wildman–Crippen MR) is 83.3 cm³/mol. The van der Waals surface area contributed by atoms with E-state index in [0.29, 0.717) is 23.5 Å². The summed E-state index contributed by atoms with van der Waals surface area (Å²) < 4.78 is 5.63. The summed E-state index contributed by atoms with van der Waals surface area (Å²) in [6.07, 6.45) is 0. The normalized spacial score (nSPS) is 10.4. The number of amides is 1. The number of aryl methyl sites for hydroxylation is 1. The van der Waals surface area contributed by atoms with Gasteiger partial charge in [-0.2, -0.15) is 5.26 Å². The maximum Gasteiger partial charge on any atom is 0.287 e. The maximum absolute atomic E-state index is 12.3. The molecule has 0 bridgehead atoms. The molecule has 4 nitrogen and oxygen atoms in total. The molecule has 1 aromatic heterocycles. The smallest absolute Gasteiger partial charge is 0.287 e. The number of nitriles is 1. The van der Waals surface area contributed by atoms with Crippen LogP contribution in [-0.4, -0.2) is 5.91 Å². The lowest BCUT2D eigenvalue weighted by atomic mass is 10.1. The first-order chi connectivity index (χ1) is 10.7. The highest BCUT2D eigenvalue weighted by Gasteiger charge is 2.16. The molecule has 0 aliphatic carbocycles. The monoisotopic (exact) mass is 290 g/mol. The lowest BCUT2D eigenvalue weighted by molar-refractivity contribution is 0.0924. The molecule has 0 unspecified atom stereocenters. The van der Waals surface area contributed by atoms with Crippen LogP contribution in [0.1, 0.15) is 27.2 Å². The first-order valence-corrected chi connectivity index (χ1v) is 6.94. The highest BCUT2D eigenvalue weighted by atomic mass is 16.3. The van der Waals surface area contributed by atoms with E-state index in [1.54, 1.807) is 18.2 Å². The summed E-state index contributed by atoms with van der Waals surface area (Å²) in [5.74, 6) is 0.0775. The number of hydrogen-bond donors (Lipinski definition) is 1. The quantitative estimate of drug-likeness (QED) is 0.802. The number of rotatable bonds is 3. The fourth-order valence-corrected chi connectivity index (χ4v) is 2.40. The fourth-order valence-electron chi connectivity index (χ4n) is 2.40. The topological polar surface area (TPSA) is 66.0 Å². The van der Waals surface area contributed by atoms with Gasteiger partial charge in [-0.3, -0.25) is 4.79 Å². The van der Waals surface area contributed by atoms with Gasteiger partial charge in [-0.1, -0.05) is 30.3 Å². The number of nitrogens with one attached hydrogen (secondary N) is 1. The Morgan fingerprint density at radius 3 is 2.82 bits per heavy atom. The van der Waals surface area contributed by atoms with Crippen LogP contribution >= 0.6 is 0 Å². The summed E-state index contributed by atoms with van der Waals surface area (Å²) in [4.78, 5) is 12.3. The molecule has 0 saturated heterocycles. The van der Waals surface area contributed by atoms with E-state index in [1.807, 2.05) is 37.3 Å². The third-order valence-corrected chi connectivity index (χ3v) is 3.56. The molecule has 0 radical (unpaired) electrons. The molecule has 22 heavy (non-hydrogen) atoms. The summed E-state index contributed by atoms with van der Waals surface area (Å²) in [7, 11) is 0. The van der Waals surface area contributed by atoms with Crippen LogP contribution in [0.3, 0.4) is 0 Å². The third kappa shape index (κ3) is 2.57. The lowest BCUT2D eigenvalue weighted by Crippen LogP contribution is -2.23. The summed E-state index contributed by atoms with van der Waals surface area (Å²) in [5.41, 5.74) is 2.99. The van der Waals surface area contributed by atoms with E-state index in [4.69, 9.17) is 9.68 Å². The van der Waals surface area contributed by atoms with Gasteiger partial charge in [0.1, 0.15) is 5.58 Å². The van der Waals surface area contributed by atoms with Crippen molar-refractivity contribution < 1.29 is 9.21 Å². The Labute approximate surface area is 128 Å². The minimum Gasteiger partial charge on any atom is -0.451 e. The molecular formula is C18H14N2O2. The zero-order chi connectivity index (χ0) is 15.5.